The van der Waals surface area contributed by atoms with Crippen molar-refractivity contribution in [3.63, 3.8) is 0 Å². The Morgan fingerprint density at radius 3 is 2.41 bits per heavy atom. The molecule has 168 valence electrons. The summed E-state index contributed by atoms with van der Waals surface area (Å²) in [4.78, 5) is 45.3. The van der Waals surface area contributed by atoms with Crippen LogP contribution >= 0.6 is 0 Å². The smallest absolute Gasteiger partial charge is 0.358 e. The topological polar surface area (TPSA) is 198 Å². The zero-order chi connectivity index (χ0) is 23.6. The quantitative estimate of drug-likeness (QED) is 0.354. The number of nitro groups is 2. The summed E-state index contributed by atoms with van der Waals surface area (Å²) < 4.78 is 3.70. The zero-order valence-corrected chi connectivity index (χ0v) is 17.2. The first kappa shape index (κ1) is 22.1. The molecule has 0 aromatic carbocycles. The van der Waals surface area contributed by atoms with Crippen LogP contribution in [0, 0.1) is 27.2 Å². The molecule has 0 bridgehead atoms. The van der Waals surface area contributed by atoms with Gasteiger partial charge in [-0.05, 0) is 11.8 Å². The lowest BCUT2D eigenvalue weighted by atomic mass is 10.3. The Hall–Kier alpha value is -4.63. The number of amides is 2. The molecule has 0 aliphatic rings. The maximum absolute atomic E-state index is 12.6. The lowest BCUT2D eigenvalue weighted by Gasteiger charge is -2.08. The van der Waals surface area contributed by atoms with Gasteiger partial charge >= 0.3 is 11.5 Å². The van der Waals surface area contributed by atoms with Crippen LogP contribution < -0.4 is 10.6 Å². The summed E-state index contributed by atoms with van der Waals surface area (Å²) in [6.45, 7) is 0.893. The Morgan fingerprint density at radius 2 is 1.84 bits per heavy atom. The first-order chi connectivity index (χ1) is 15.1. The first-order valence-electron chi connectivity index (χ1n) is 9.02. The SMILES string of the molecule is Cc1c([N+](=O)[O-])c([N+](=O)[O-])nn1CC(=O)Nc1cnn(C)c1C(=O)NCc1cnn(C)c1. The molecule has 2 N–H and O–H groups in total. The van der Waals surface area contributed by atoms with Crippen molar-refractivity contribution in [3.8, 4) is 0 Å². The Kier molecular flexibility index (Phi) is 5.94. The third-order valence-corrected chi connectivity index (χ3v) is 4.45. The molecule has 0 saturated carbocycles. The number of nitrogens with one attached hydrogen (secondary N) is 2. The summed E-state index contributed by atoms with van der Waals surface area (Å²) in [6, 6.07) is 0. The number of carbonyl (C=O) groups is 2. The molecule has 0 fully saturated rings. The highest BCUT2D eigenvalue weighted by Gasteiger charge is 2.36. The van der Waals surface area contributed by atoms with E-state index in [2.05, 4.69) is 25.9 Å². The second-order valence-corrected chi connectivity index (χ2v) is 6.71. The molecule has 0 spiro atoms. The maximum atomic E-state index is 12.6. The number of aryl methyl sites for hydroxylation is 2. The van der Waals surface area contributed by atoms with E-state index < -0.39 is 39.7 Å². The van der Waals surface area contributed by atoms with Crippen LogP contribution in [0.15, 0.2) is 18.6 Å². The molecule has 3 rings (SSSR count). The van der Waals surface area contributed by atoms with E-state index in [1.54, 1.807) is 24.1 Å². The molecule has 3 heterocycles. The summed E-state index contributed by atoms with van der Waals surface area (Å²) in [5.41, 5.74) is -0.0190. The molecular weight excluding hydrogens is 428 g/mol. The number of rotatable bonds is 8. The van der Waals surface area contributed by atoms with Crippen molar-refractivity contribution in [1.82, 2.24) is 34.7 Å². The Bertz CT molecular complexity index is 1220. The number of nitrogens with zero attached hydrogens (tertiary/aromatic N) is 8. The van der Waals surface area contributed by atoms with Gasteiger partial charge in [-0.15, -0.1) is 0 Å². The molecule has 0 saturated heterocycles. The Balaban J connectivity index is 1.74. The van der Waals surface area contributed by atoms with E-state index in [0.29, 0.717) is 0 Å². The average molecular weight is 446 g/mol. The summed E-state index contributed by atoms with van der Waals surface area (Å²) >= 11 is 0. The third-order valence-electron chi connectivity index (χ3n) is 4.45. The van der Waals surface area contributed by atoms with Crippen LogP contribution in [0.3, 0.4) is 0 Å². The summed E-state index contributed by atoms with van der Waals surface area (Å²) in [5, 5.41) is 38.8. The second-order valence-electron chi connectivity index (χ2n) is 6.71. The predicted octanol–water partition coefficient (Wildman–Crippen LogP) is 0.0436. The van der Waals surface area contributed by atoms with Crippen LogP contribution in [0.25, 0.3) is 0 Å². The van der Waals surface area contributed by atoms with Gasteiger partial charge in [-0.2, -0.15) is 14.9 Å². The van der Waals surface area contributed by atoms with Crippen LogP contribution in [0.4, 0.5) is 17.2 Å². The summed E-state index contributed by atoms with van der Waals surface area (Å²) in [6.07, 6.45) is 4.59. The van der Waals surface area contributed by atoms with E-state index in [1.807, 2.05) is 0 Å². The van der Waals surface area contributed by atoms with Crippen molar-refractivity contribution in [1.29, 1.82) is 0 Å². The molecule has 3 aromatic rings. The van der Waals surface area contributed by atoms with Crippen LogP contribution in [-0.2, 0) is 32.0 Å². The van der Waals surface area contributed by atoms with Crippen LogP contribution in [0.1, 0.15) is 21.7 Å². The molecule has 0 aliphatic carbocycles. The fourth-order valence-electron chi connectivity index (χ4n) is 2.96. The largest absolute Gasteiger partial charge is 0.468 e. The molecule has 0 radical (unpaired) electrons. The van der Waals surface area contributed by atoms with Crippen LogP contribution in [-0.4, -0.2) is 51.0 Å². The lowest BCUT2D eigenvalue weighted by Crippen LogP contribution is -2.27. The number of hydrogen-bond acceptors (Lipinski definition) is 9. The molecule has 0 aliphatic heterocycles. The lowest BCUT2D eigenvalue weighted by molar-refractivity contribution is -0.424. The molecular formula is C16H18N10O6. The number of anilines is 1. The van der Waals surface area contributed by atoms with Gasteiger partial charge in [-0.3, -0.25) is 29.1 Å². The van der Waals surface area contributed by atoms with Gasteiger partial charge in [-0.1, -0.05) is 0 Å². The molecule has 3 aromatic heterocycles. The van der Waals surface area contributed by atoms with Crippen LogP contribution in [0.5, 0.6) is 0 Å². The van der Waals surface area contributed by atoms with Crippen molar-refractivity contribution >= 4 is 29.0 Å². The maximum Gasteiger partial charge on any atom is 0.468 e. The van der Waals surface area contributed by atoms with Crippen molar-refractivity contribution in [3.05, 3.63) is 55.8 Å². The summed E-state index contributed by atoms with van der Waals surface area (Å²) in [7, 11) is 3.25. The first-order valence-corrected chi connectivity index (χ1v) is 9.02. The number of carbonyl (C=O) groups excluding carboxylic acids is 2. The van der Waals surface area contributed by atoms with Gasteiger partial charge in [0.15, 0.2) is 0 Å². The normalized spacial score (nSPS) is 10.7. The van der Waals surface area contributed by atoms with Gasteiger partial charge in [0.1, 0.15) is 17.9 Å². The average Bonchev–Trinajstić information content (AvgIpc) is 3.38. The molecule has 0 unspecified atom stereocenters. The third kappa shape index (κ3) is 4.42. The van der Waals surface area contributed by atoms with E-state index in [9.17, 15) is 29.8 Å². The van der Waals surface area contributed by atoms with Gasteiger partial charge in [0, 0.05) is 32.4 Å². The van der Waals surface area contributed by atoms with E-state index in [0.717, 1.165) is 10.2 Å². The fraction of sp³-hybridized carbons (Fsp3) is 0.312. The van der Waals surface area contributed by atoms with Crippen LogP contribution in [0.2, 0.25) is 0 Å². The van der Waals surface area contributed by atoms with Crippen molar-refractivity contribution in [2.45, 2.75) is 20.0 Å². The van der Waals surface area contributed by atoms with Gasteiger partial charge < -0.3 is 20.7 Å². The van der Waals surface area contributed by atoms with Crippen molar-refractivity contribution in [2.24, 2.45) is 14.1 Å². The molecule has 16 heteroatoms. The highest BCUT2D eigenvalue weighted by atomic mass is 16.6. The number of aromatic nitrogens is 6. The second kappa shape index (κ2) is 8.62. The van der Waals surface area contributed by atoms with E-state index >= 15 is 0 Å². The predicted molar refractivity (Wildman–Crippen MR) is 106 cm³/mol. The highest BCUT2D eigenvalue weighted by molar-refractivity contribution is 6.02. The van der Waals surface area contributed by atoms with Crippen molar-refractivity contribution in [2.75, 3.05) is 5.32 Å². The van der Waals surface area contributed by atoms with Gasteiger partial charge in [-0.25, -0.2) is 0 Å². The van der Waals surface area contributed by atoms with E-state index in [1.165, 1.54) is 24.9 Å². The van der Waals surface area contributed by atoms with E-state index in [4.69, 9.17) is 0 Å². The van der Waals surface area contributed by atoms with Gasteiger partial charge in [0.25, 0.3) is 5.91 Å². The zero-order valence-electron chi connectivity index (χ0n) is 17.2. The molecule has 32 heavy (non-hydrogen) atoms. The highest BCUT2D eigenvalue weighted by Crippen LogP contribution is 2.29. The molecule has 16 nitrogen and oxygen atoms in total. The number of hydrogen-bond donors (Lipinski definition) is 2. The van der Waals surface area contributed by atoms with Gasteiger partial charge in [0.2, 0.25) is 5.91 Å². The fourth-order valence-corrected chi connectivity index (χ4v) is 2.96. The minimum atomic E-state index is -0.995. The summed E-state index contributed by atoms with van der Waals surface area (Å²) in [5.74, 6) is -2.18. The van der Waals surface area contributed by atoms with Crippen molar-refractivity contribution < 1.29 is 19.4 Å². The Labute approximate surface area is 179 Å². The molecule has 0 atom stereocenters. The molecule has 2 amide bonds. The standard InChI is InChI=1S/C16H18N10O6/c1-9-13(25(29)30)15(26(31)32)21-24(9)8-12(27)20-11-6-19-23(3)14(11)16(28)17-4-10-5-18-22(2)7-10/h5-7H,4,8H2,1-3H3,(H,17,28)(H,20,27). The minimum absolute atomic E-state index is 0.0661. The minimum Gasteiger partial charge on any atom is -0.358 e. The Morgan fingerprint density at radius 1 is 1.12 bits per heavy atom. The monoisotopic (exact) mass is 446 g/mol. The van der Waals surface area contributed by atoms with E-state index in [-0.39, 0.29) is 23.6 Å². The van der Waals surface area contributed by atoms with Gasteiger partial charge in [0.05, 0.1) is 28.1 Å².